The maximum atomic E-state index is 9.56. The molecule has 0 unspecified atom stereocenters. The first kappa shape index (κ1) is 9.07. The molecular weight excluding hydrogens is 295 g/mol. The minimum absolute atomic E-state index is 0.137. The third-order valence-electron chi connectivity index (χ3n) is 1.78. The number of benzene rings is 1. The van der Waals surface area contributed by atoms with Crippen molar-refractivity contribution in [3.8, 4) is 15.8 Å². The first-order chi connectivity index (χ1) is 6.27. The van der Waals surface area contributed by atoms with Gasteiger partial charge in [0.1, 0.15) is 0 Å². The van der Waals surface area contributed by atoms with Gasteiger partial charge in [0.2, 0.25) is 0 Å². The van der Waals surface area contributed by atoms with Crippen molar-refractivity contribution in [3.63, 3.8) is 0 Å². The second-order valence-electron chi connectivity index (χ2n) is 2.65. The second kappa shape index (κ2) is 3.70. The van der Waals surface area contributed by atoms with Crippen molar-refractivity contribution in [2.75, 3.05) is 0 Å². The van der Waals surface area contributed by atoms with Crippen LogP contribution in [-0.2, 0) is 0 Å². The Hall–Kier alpha value is -0.501. The van der Waals surface area contributed by atoms with Crippen LogP contribution in [0, 0.1) is 0 Å². The number of halogens is 1. The van der Waals surface area contributed by atoms with Crippen molar-refractivity contribution < 1.29 is 5.11 Å². The van der Waals surface area contributed by atoms with Gasteiger partial charge in [0.05, 0.1) is 0 Å². The zero-order valence-corrected chi connectivity index (χ0v) is 10.00. The van der Waals surface area contributed by atoms with Gasteiger partial charge < -0.3 is 0 Å². The fraction of sp³-hybridized carbons (Fsp3) is 0. The van der Waals surface area contributed by atoms with Crippen molar-refractivity contribution in [1.82, 2.24) is 0 Å². The van der Waals surface area contributed by atoms with E-state index in [0.29, 0.717) is 4.62 Å². The molecule has 2 aromatic rings. The summed E-state index contributed by atoms with van der Waals surface area (Å²) >= 11 is 3.54. The van der Waals surface area contributed by atoms with Gasteiger partial charge in [-0.3, -0.25) is 0 Å². The van der Waals surface area contributed by atoms with Crippen LogP contribution in [0.2, 0.25) is 0 Å². The predicted molar refractivity (Wildman–Crippen MR) is 58.2 cm³/mol. The molecule has 2 rings (SSSR count). The Morgan fingerprint density at radius 1 is 1.23 bits per heavy atom. The molecule has 1 aromatic heterocycles. The third kappa shape index (κ3) is 1.88. The molecule has 0 atom stereocenters. The van der Waals surface area contributed by atoms with Crippen LogP contribution in [0.1, 0.15) is 0 Å². The summed E-state index contributed by atoms with van der Waals surface area (Å²) in [5.74, 6) is 0. The molecule has 1 aromatic carbocycles. The van der Waals surface area contributed by atoms with Crippen LogP contribution in [-0.4, -0.2) is 19.6 Å². The number of hydrogen-bond acceptors (Lipinski definition) is 1. The zero-order valence-electron chi connectivity index (χ0n) is 6.70. The first-order valence-electron chi connectivity index (χ1n) is 3.80. The van der Waals surface area contributed by atoms with Crippen LogP contribution in [0.25, 0.3) is 11.1 Å². The van der Waals surface area contributed by atoms with E-state index in [2.05, 4.69) is 15.9 Å². The van der Waals surface area contributed by atoms with Gasteiger partial charge in [0.25, 0.3) is 0 Å². The van der Waals surface area contributed by atoms with Gasteiger partial charge in [-0.05, 0) is 0 Å². The monoisotopic (exact) mass is 302 g/mol. The Morgan fingerprint density at radius 3 is 2.69 bits per heavy atom. The fourth-order valence-corrected chi connectivity index (χ4v) is 2.93. The average molecular weight is 302 g/mol. The molecule has 0 fully saturated rings. The van der Waals surface area contributed by atoms with Gasteiger partial charge in [-0.2, -0.15) is 0 Å². The molecule has 0 amide bonds. The van der Waals surface area contributed by atoms with E-state index >= 15 is 0 Å². The molecular formula is C10H7BrOSe. The molecule has 0 radical (unpaired) electrons. The zero-order chi connectivity index (χ0) is 9.26. The summed E-state index contributed by atoms with van der Waals surface area (Å²) in [6, 6.07) is 9.94. The van der Waals surface area contributed by atoms with E-state index in [-0.39, 0.29) is 14.5 Å². The molecule has 1 nitrogen and oxygen atoms in total. The Balaban J connectivity index is 2.53. The quantitative estimate of drug-likeness (QED) is 0.803. The normalized spacial score (nSPS) is 10.2. The number of aromatic hydroxyl groups is 1. The van der Waals surface area contributed by atoms with Gasteiger partial charge in [-0.1, -0.05) is 0 Å². The van der Waals surface area contributed by atoms with Gasteiger partial charge in [-0.25, -0.2) is 0 Å². The Labute approximate surface area is 90.9 Å². The molecule has 0 aliphatic heterocycles. The Kier molecular flexibility index (Phi) is 2.58. The number of hydrogen-bond donors (Lipinski definition) is 1. The van der Waals surface area contributed by atoms with E-state index in [9.17, 15) is 5.11 Å². The van der Waals surface area contributed by atoms with E-state index in [4.69, 9.17) is 0 Å². The molecule has 1 heterocycles. The summed E-state index contributed by atoms with van der Waals surface area (Å²) < 4.78 is 1.56. The van der Waals surface area contributed by atoms with E-state index in [0.717, 1.165) is 15.6 Å². The van der Waals surface area contributed by atoms with Crippen molar-refractivity contribution in [1.29, 1.82) is 0 Å². The Morgan fingerprint density at radius 2 is 2.08 bits per heavy atom. The standard InChI is InChI=1S/C10H7BrOSe/c11-8-3-1-2-7(6-8)9-4-5-13-10(9)12/h1-6,12H. The molecule has 1 N–H and O–H groups in total. The minimum atomic E-state index is 0.137. The van der Waals surface area contributed by atoms with E-state index < -0.39 is 0 Å². The van der Waals surface area contributed by atoms with E-state index in [1.807, 2.05) is 35.3 Å². The third-order valence-corrected chi connectivity index (χ3v) is 3.77. The van der Waals surface area contributed by atoms with Crippen LogP contribution in [0.3, 0.4) is 0 Å². The van der Waals surface area contributed by atoms with Crippen molar-refractivity contribution in [2.45, 2.75) is 0 Å². The van der Waals surface area contributed by atoms with Crippen LogP contribution in [0.4, 0.5) is 0 Å². The summed E-state index contributed by atoms with van der Waals surface area (Å²) in [5, 5.41) is 9.56. The van der Waals surface area contributed by atoms with Crippen molar-refractivity contribution in [2.24, 2.45) is 0 Å². The van der Waals surface area contributed by atoms with E-state index in [1.165, 1.54) is 0 Å². The summed E-state index contributed by atoms with van der Waals surface area (Å²) in [6.45, 7) is 0. The molecule has 13 heavy (non-hydrogen) atoms. The molecule has 0 bridgehead atoms. The molecule has 3 heteroatoms. The van der Waals surface area contributed by atoms with Crippen LogP contribution in [0.15, 0.2) is 39.7 Å². The fourth-order valence-electron chi connectivity index (χ4n) is 1.18. The summed E-state index contributed by atoms with van der Waals surface area (Å²) in [7, 11) is 0. The molecule has 66 valence electrons. The van der Waals surface area contributed by atoms with Crippen LogP contribution >= 0.6 is 15.9 Å². The maximum absolute atomic E-state index is 9.56. The van der Waals surface area contributed by atoms with Crippen molar-refractivity contribution in [3.05, 3.63) is 39.7 Å². The van der Waals surface area contributed by atoms with Crippen LogP contribution < -0.4 is 0 Å². The van der Waals surface area contributed by atoms with Gasteiger partial charge in [0.15, 0.2) is 0 Å². The average Bonchev–Trinajstić information content (AvgIpc) is 2.51. The van der Waals surface area contributed by atoms with Gasteiger partial charge in [-0.15, -0.1) is 0 Å². The molecule has 0 aliphatic rings. The molecule has 0 saturated heterocycles. The summed E-state index contributed by atoms with van der Waals surface area (Å²) in [4.78, 5) is 2.03. The Bertz CT molecular complexity index is 422. The molecule has 0 saturated carbocycles. The first-order valence-corrected chi connectivity index (χ1v) is 6.43. The predicted octanol–water partition coefficient (Wildman–Crippen LogP) is 2.88. The molecule has 0 aliphatic carbocycles. The number of rotatable bonds is 1. The van der Waals surface area contributed by atoms with E-state index in [1.54, 1.807) is 0 Å². The van der Waals surface area contributed by atoms with Crippen molar-refractivity contribution >= 4 is 30.4 Å². The summed E-state index contributed by atoms with van der Waals surface area (Å²) in [6.07, 6.45) is 0. The van der Waals surface area contributed by atoms with Gasteiger partial charge in [0, 0.05) is 0 Å². The van der Waals surface area contributed by atoms with Gasteiger partial charge >= 0.3 is 91.0 Å². The van der Waals surface area contributed by atoms with Crippen LogP contribution in [0.5, 0.6) is 4.62 Å². The molecule has 0 spiro atoms. The second-order valence-corrected chi connectivity index (χ2v) is 5.44. The summed E-state index contributed by atoms with van der Waals surface area (Å²) in [5.41, 5.74) is 2.03. The SMILES string of the molecule is Oc1[se]ccc1-c1cccc(Br)c1. The topological polar surface area (TPSA) is 20.2 Å².